The summed E-state index contributed by atoms with van der Waals surface area (Å²) in [4.78, 5) is 12.1. The molecule has 0 unspecified atom stereocenters. The molecule has 1 aromatic carbocycles. The second-order valence-corrected chi connectivity index (χ2v) is 5.17. The van der Waals surface area contributed by atoms with E-state index in [4.69, 9.17) is 10.5 Å². The fraction of sp³-hybridized carbons (Fsp3) is 0.333. The van der Waals surface area contributed by atoms with Crippen LogP contribution in [0.15, 0.2) is 28.4 Å². The van der Waals surface area contributed by atoms with Gasteiger partial charge in [0.05, 0.1) is 18.0 Å². The number of esters is 1. The van der Waals surface area contributed by atoms with Crippen LogP contribution in [0.1, 0.15) is 25.0 Å². The fourth-order valence-corrected chi connectivity index (χ4v) is 1.81. The van der Waals surface area contributed by atoms with Crippen LogP contribution < -0.4 is 16.6 Å². The van der Waals surface area contributed by atoms with Crippen molar-refractivity contribution in [3.05, 3.63) is 29.3 Å². The van der Waals surface area contributed by atoms with Gasteiger partial charge in [-0.2, -0.15) is 10.2 Å². The molecule has 0 aliphatic rings. The Morgan fingerprint density at radius 3 is 2.43 bits per heavy atom. The molecule has 0 aliphatic carbocycles. The summed E-state index contributed by atoms with van der Waals surface area (Å²) in [7, 11) is 0. The van der Waals surface area contributed by atoms with E-state index in [1.165, 1.54) is 0 Å². The van der Waals surface area contributed by atoms with Gasteiger partial charge in [-0.3, -0.25) is 10.9 Å². The van der Waals surface area contributed by atoms with Gasteiger partial charge in [0.15, 0.2) is 10.8 Å². The van der Waals surface area contributed by atoms with E-state index in [0.29, 0.717) is 5.71 Å². The molecular formula is C15H21N5O2S. The summed E-state index contributed by atoms with van der Waals surface area (Å²) in [6, 6.07) is 5.85. The van der Waals surface area contributed by atoms with Crippen LogP contribution in [0, 0.1) is 13.8 Å². The number of nitrogens with two attached hydrogens (primary N) is 1. The van der Waals surface area contributed by atoms with Gasteiger partial charge in [-0.15, -0.1) is 0 Å². The van der Waals surface area contributed by atoms with E-state index in [1.54, 1.807) is 13.8 Å². The zero-order valence-electron chi connectivity index (χ0n) is 13.6. The van der Waals surface area contributed by atoms with Crippen molar-refractivity contribution in [2.45, 2.75) is 27.7 Å². The number of benzene rings is 1. The number of anilines is 1. The van der Waals surface area contributed by atoms with Crippen molar-refractivity contribution < 1.29 is 9.53 Å². The van der Waals surface area contributed by atoms with E-state index in [-0.39, 0.29) is 17.4 Å². The van der Waals surface area contributed by atoms with Crippen LogP contribution in [0.3, 0.4) is 0 Å². The molecule has 0 saturated carbocycles. The smallest absolute Gasteiger partial charge is 0.360 e. The van der Waals surface area contributed by atoms with Crippen LogP contribution in [0.25, 0.3) is 0 Å². The molecule has 7 nitrogen and oxygen atoms in total. The largest absolute Gasteiger partial charge is 0.461 e. The normalized spacial score (nSPS) is 11.8. The lowest BCUT2D eigenvalue weighted by Crippen LogP contribution is -2.30. The number of hydrazone groups is 2. The standard InChI is InChI=1S/C15H21N5O2S/c1-5-22-14(21)13(11(4)17-20-15(16)23)19-18-12-9(2)7-6-8-10(12)3/h6-8,18H,5H2,1-4H3,(H3,16,20,23)/b17-11-,19-13-. The molecule has 0 bridgehead atoms. The number of hydrogen-bond acceptors (Lipinski definition) is 6. The third-order valence-corrected chi connectivity index (χ3v) is 3.00. The molecule has 1 rings (SSSR count). The molecule has 23 heavy (non-hydrogen) atoms. The van der Waals surface area contributed by atoms with E-state index in [2.05, 4.69) is 33.3 Å². The second-order valence-electron chi connectivity index (χ2n) is 4.73. The van der Waals surface area contributed by atoms with Crippen LogP contribution in [0.2, 0.25) is 0 Å². The zero-order valence-corrected chi connectivity index (χ0v) is 14.5. The van der Waals surface area contributed by atoms with E-state index in [1.807, 2.05) is 32.0 Å². The average Bonchev–Trinajstić information content (AvgIpc) is 2.48. The topological polar surface area (TPSA) is 101 Å². The number of ether oxygens (including phenoxy) is 1. The average molecular weight is 335 g/mol. The van der Waals surface area contributed by atoms with Gasteiger partial charge in [-0.05, 0) is 51.0 Å². The van der Waals surface area contributed by atoms with Gasteiger partial charge in [0.2, 0.25) is 0 Å². The molecule has 0 radical (unpaired) electrons. The quantitative estimate of drug-likeness (QED) is 0.317. The number of para-hydroxylation sites is 1. The first-order valence-electron chi connectivity index (χ1n) is 7.04. The summed E-state index contributed by atoms with van der Waals surface area (Å²) >= 11 is 4.68. The van der Waals surface area contributed by atoms with Gasteiger partial charge < -0.3 is 10.5 Å². The summed E-state index contributed by atoms with van der Waals surface area (Å²) in [5.41, 5.74) is 13.8. The molecule has 0 spiro atoms. The Morgan fingerprint density at radius 2 is 1.91 bits per heavy atom. The molecular weight excluding hydrogens is 314 g/mol. The van der Waals surface area contributed by atoms with Crippen molar-refractivity contribution in [3.63, 3.8) is 0 Å². The number of thiocarbonyl (C=S) groups is 1. The molecule has 124 valence electrons. The van der Waals surface area contributed by atoms with Gasteiger partial charge in [0.1, 0.15) is 0 Å². The fourth-order valence-electron chi connectivity index (χ4n) is 1.77. The predicted molar refractivity (Wildman–Crippen MR) is 96.6 cm³/mol. The van der Waals surface area contributed by atoms with Crippen molar-refractivity contribution in [2.24, 2.45) is 15.9 Å². The highest BCUT2D eigenvalue weighted by molar-refractivity contribution is 7.80. The van der Waals surface area contributed by atoms with Crippen molar-refractivity contribution in [1.82, 2.24) is 5.43 Å². The second kappa shape index (κ2) is 8.84. The molecule has 0 atom stereocenters. The van der Waals surface area contributed by atoms with Crippen molar-refractivity contribution in [2.75, 3.05) is 12.0 Å². The molecule has 0 heterocycles. The predicted octanol–water partition coefficient (Wildman–Crippen LogP) is 1.84. The van der Waals surface area contributed by atoms with Gasteiger partial charge in [0.25, 0.3) is 0 Å². The molecule has 0 aliphatic heterocycles. The van der Waals surface area contributed by atoms with Gasteiger partial charge in [-0.25, -0.2) is 4.79 Å². The first-order chi connectivity index (χ1) is 10.9. The molecule has 0 fully saturated rings. The Bertz CT molecular complexity index is 635. The van der Waals surface area contributed by atoms with E-state index < -0.39 is 5.97 Å². The molecule has 0 saturated heterocycles. The lowest BCUT2D eigenvalue weighted by atomic mass is 10.1. The van der Waals surface area contributed by atoms with Gasteiger partial charge in [-0.1, -0.05) is 18.2 Å². The van der Waals surface area contributed by atoms with Crippen LogP contribution in [0.5, 0.6) is 0 Å². The number of aryl methyl sites for hydroxylation is 2. The van der Waals surface area contributed by atoms with E-state index in [9.17, 15) is 4.79 Å². The Morgan fingerprint density at radius 1 is 1.30 bits per heavy atom. The third kappa shape index (κ3) is 5.67. The Balaban J connectivity index is 3.11. The summed E-state index contributed by atoms with van der Waals surface area (Å²) in [6.45, 7) is 7.45. The van der Waals surface area contributed by atoms with E-state index >= 15 is 0 Å². The van der Waals surface area contributed by atoms with Crippen LogP contribution >= 0.6 is 12.2 Å². The Labute approximate surface area is 141 Å². The first kappa shape index (κ1) is 18.6. The minimum absolute atomic E-state index is 0.00438. The maximum Gasteiger partial charge on any atom is 0.360 e. The number of nitrogens with zero attached hydrogens (tertiary/aromatic N) is 2. The lowest BCUT2D eigenvalue weighted by molar-refractivity contribution is -0.134. The third-order valence-electron chi connectivity index (χ3n) is 2.91. The van der Waals surface area contributed by atoms with Crippen molar-refractivity contribution in [1.29, 1.82) is 0 Å². The molecule has 4 N–H and O–H groups in total. The number of carbonyl (C=O) groups excluding carboxylic acids is 1. The number of hydrogen-bond donors (Lipinski definition) is 3. The van der Waals surface area contributed by atoms with Gasteiger partial charge >= 0.3 is 5.97 Å². The molecule has 8 heteroatoms. The first-order valence-corrected chi connectivity index (χ1v) is 7.44. The summed E-state index contributed by atoms with van der Waals surface area (Å²) in [5, 5.41) is 8.06. The maximum atomic E-state index is 12.1. The minimum atomic E-state index is -0.586. The SMILES string of the molecule is CCOC(=O)C(=N\Nc1c(C)cccc1C)/C(C)=N\NC(N)=S. The number of nitrogens with one attached hydrogen (secondary N) is 2. The van der Waals surface area contributed by atoms with Crippen LogP contribution in [-0.2, 0) is 9.53 Å². The van der Waals surface area contributed by atoms with Crippen molar-refractivity contribution >= 4 is 40.4 Å². The minimum Gasteiger partial charge on any atom is -0.461 e. The monoisotopic (exact) mass is 335 g/mol. The number of rotatable bonds is 6. The van der Waals surface area contributed by atoms with Gasteiger partial charge in [0, 0.05) is 0 Å². The van der Waals surface area contributed by atoms with E-state index in [0.717, 1.165) is 16.8 Å². The summed E-state index contributed by atoms with van der Waals surface area (Å²) < 4.78 is 5.00. The van der Waals surface area contributed by atoms with Crippen LogP contribution in [-0.4, -0.2) is 29.1 Å². The summed E-state index contributed by atoms with van der Waals surface area (Å²) in [5.74, 6) is -0.586. The van der Waals surface area contributed by atoms with Crippen LogP contribution in [0.4, 0.5) is 5.69 Å². The highest BCUT2D eigenvalue weighted by Gasteiger charge is 2.17. The lowest BCUT2D eigenvalue weighted by Gasteiger charge is -2.11. The molecule has 1 aromatic rings. The highest BCUT2D eigenvalue weighted by Crippen LogP contribution is 2.19. The summed E-state index contributed by atoms with van der Waals surface area (Å²) in [6.07, 6.45) is 0. The highest BCUT2D eigenvalue weighted by atomic mass is 32.1. The van der Waals surface area contributed by atoms with Crippen molar-refractivity contribution in [3.8, 4) is 0 Å². The molecule has 0 amide bonds. The maximum absolute atomic E-state index is 12.1. The molecule has 0 aromatic heterocycles. The Kier molecular flexibility index (Phi) is 7.14. The Hall–Kier alpha value is -2.48. The zero-order chi connectivity index (χ0) is 17.4. The number of carbonyl (C=O) groups is 1.